The zero-order valence-electron chi connectivity index (χ0n) is 12.1. The highest BCUT2D eigenvalue weighted by molar-refractivity contribution is 5.90. The quantitative estimate of drug-likeness (QED) is 0.666. The van der Waals surface area contributed by atoms with Crippen molar-refractivity contribution >= 4 is 17.5 Å². The predicted molar refractivity (Wildman–Crippen MR) is 80.2 cm³/mol. The number of methoxy groups -OCH3 is 1. The molecule has 1 aromatic rings. The van der Waals surface area contributed by atoms with E-state index in [9.17, 15) is 9.59 Å². The second kappa shape index (κ2) is 7.64. The molecule has 1 unspecified atom stereocenters. The van der Waals surface area contributed by atoms with E-state index in [2.05, 4.69) is 16.0 Å². The van der Waals surface area contributed by atoms with Gasteiger partial charge in [-0.25, -0.2) is 0 Å². The van der Waals surface area contributed by atoms with Gasteiger partial charge >= 0.3 is 0 Å². The maximum Gasteiger partial charge on any atom is 0.239 e. The Morgan fingerprint density at radius 3 is 2.95 bits per heavy atom. The van der Waals surface area contributed by atoms with Crippen molar-refractivity contribution < 1.29 is 14.3 Å². The molecule has 1 aliphatic heterocycles. The molecule has 0 saturated heterocycles. The average Bonchev–Trinajstić information content (AvgIpc) is 2.52. The topological polar surface area (TPSA) is 79.5 Å². The van der Waals surface area contributed by atoms with Crippen molar-refractivity contribution in [2.45, 2.75) is 12.3 Å². The Kier molecular flexibility index (Phi) is 5.57. The third-order valence-corrected chi connectivity index (χ3v) is 3.45. The lowest BCUT2D eigenvalue weighted by Gasteiger charge is -2.25. The minimum absolute atomic E-state index is 0.00531. The average molecular weight is 291 g/mol. The number of amides is 2. The van der Waals surface area contributed by atoms with Crippen LogP contribution in [0.5, 0.6) is 0 Å². The first-order valence-electron chi connectivity index (χ1n) is 7.08. The maximum absolute atomic E-state index is 12.3. The SMILES string of the molecule is COCCNC(=O)CNC(=O)C1CCNc2ccccc21. The number of nitrogens with one attached hydrogen (secondary N) is 3. The molecule has 0 radical (unpaired) electrons. The molecule has 2 amide bonds. The summed E-state index contributed by atoms with van der Waals surface area (Å²) in [6.07, 6.45) is 0.730. The zero-order chi connectivity index (χ0) is 15.1. The third kappa shape index (κ3) is 4.19. The molecule has 114 valence electrons. The number of hydrogen-bond donors (Lipinski definition) is 3. The number of carbonyl (C=O) groups is 2. The lowest BCUT2D eigenvalue weighted by Crippen LogP contribution is -2.40. The van der Waals surface area contributed by atoms with E-state index >= 15 is 0 Å². The molecular formula is C15H21N3O3. The van der Waals surface area contributed by atoms with Gasteiger partial charge in [-0.2, -0.15) is 0 Å². The second-order valence-corrected chi connectivity index (χ2v) is 4.92. The highest BCUT2D eigenvalue weighted by Gasteiger charge is 2.26. The van der Waals surface area contributed by atoms with Crippen molar-refractivity contribution in [3.05, 3.63) is 29.8 Å². The van der Waals surface area contributed by atoms with Crippen molar-refractivity contribution in [3.8, 4) is 0 Å². The van der Waals surface area contributed by atoms with E-state index in [1.807, 2.05) is 24.3 Å². The highest BCUT2D eigenvalue weighted by Crippen LogP contribution is 2.31. The number of anilines is 1. The summed E-state index contributed by atoms with van der Waals surface area (Å²) in [5, 5.41) is 8.64. The first-order valence-corrected chi connectivity index (χ1v) is 7.08. The first kappa shape index (κ1) is 15.3. The van der Waals surface area contributed by atoms with E-state index in [0.29, 0.717) is 13.2 Å². The van der Waals surface area contributed by atoms with Crippen LogP contribution in [-0.4, -0.2) is 45.2 Å². The molecule has 0 fully saturated rings. The lowest BCUT2D eigenvalue weighted by atomic mass is 9.90. The van der Waals surface area contributed by atoms with Crippen molar-refractivity contribution in [2.24, 2.45) is 0 Å². The molecule has 0 spiro atoms. The molecule has 3 N–H and O–H groups in total. The maximum atomic E-state index is 12.3. The zero-order valence-corrected chi connectivity index (χ0v) is 12.1. The van der Waals surface area contributed by atoms with Gasteiger partial charge < -0.3 is 20.7 Å². The Morgan fingerprint density at radius 2 is 2.14 bits per heavy atom. The van der Waals surface area contributed by atoms with E-state index in [-0.39, 0.29) is 24.3 Å². The Morgan fingerprint density at radius 1 is 1.33 bits per heavy atom. The largest absolute Gasteiger partial charge is 0.385 e. The second-order valence-electron chi connectivity index (χ2n) is 4.92. The number of rotatable bonds is 6. The van der Waals surface area contributed by atoms with Crippen molar-refractivity contribution in [1.82, 2.24) is 10.6 Å². The van der Waals surface area contributed by atoms with E-state index < -0.39 is 0 Å². The third-order valence-electron chi connectivity index (χ3n) is 3.45. The molecule has 1 aliphatic rings. The molecule has 6 heteroatoms. The Hall–Kier alpha value is -2.08. The van der Waals surface area contributed by atoms with Crippen molar-refractivity contribution in [2.75, 3.05) is 38.7 Å². The number of fused-ring (bicyclic) bond motifs is 1. The van der Waals surface area contributed by atoms with Gasteiger partial charge in [0.05, 0.1) is 19.1 Å². The molecule has 2 rings (SSSR count). The Bertz CT molecular complexity index is 505. The summed E-state index contributed by atoms with van der Waals surface area (Å²) in [6, 6.07) is 7.77. The van der Waals surface area contributed by atoms with Gasteiger partial charge in [-0.05, 0) is 18.1 Å². The summed E-state index contributed by atoms with van der Waals surface area (Å²) in [4.78, 5) is 23.8. The fraction of sp³-hybridized carbons (Fsp3) is 0.467. The van der Waals surface area contributed by atoms with Crippen LogP contribution in [0.1, 0.15) is 17.9 Å². The van der Waals surface area contributed by atoms with Gasteiger partial charge in [0.15, 0.2) is 0 Å². The summed E-state index contributed by atoms with van der Waals surface area (Å²) in [7, 11) is 1.57. The molecule has 1 atom stereocenters. The van der Waals surface area contributed by atoms with E-state index in [4.69, 9.17) is 4.74 Å². The number of para-hydroxylation sites is 1. The smallest absolute Gasteiger partial charge is 0.239 e. The van der Waals surface area contributed by atoms with Crippen molar-refractivity contribution in [1.29, 1.82) is 0 Å². The summed E-state index contributed by atoms with van der Waals surface area (Å²) < 4.78 is 4.84. The fourth-order valence-electron chi connectivity index (χ4n) is 2.39. The molecule has 0 aromatic heterocycles. The van der Waals surface area contributed by atoms with Gasteiger partial charge in [0.2, 0.25) is 11.8 Å². The van der Waals surface area contributed by atoms with Crippen molar-refractivity contribution in [3.63, 3.8) is 0 Å². The van der Waals surface area contributed by atoms with Crippen LogP contribution < -0.4 is 16.0 Å². The van der Waals surface area contributed by atoms with Crippen LogP contribution in [0.25, 0.3) is 0 Å². The van der Waals surface area contributed by atoms with Crippen LogP contribution in [-0.2, 0) is 14.3 Å². The monoisotopic (exact) mass is 291 g/mol. The van der Waals surface area contributed by atoms with Gasteiger partial charge in [0, 0.05) is 25.9 Å². The van der Waals surface area contributed by atoms with Gasteiger partial charge in [0.1, 0.15) is 0 Å². The number of hydrogen-bond acceptors (Lipinski definition) is 4. The Labute approximate surface area is 124 Å². The minimum Gasteiger partial charge on any atom is -0.385 e. The molecular weight excluding hydrogens is 270 g/mol. The van der Waals surface area contributed by atoms with Crippen LogP contribution in [0.15, 0.2) is 24.3 Å². The molecule has 1 heterocycles. The highest BCUT2D eigenvalue weighted by atomic mass is 16.5. The van der Waals surface area contributed by atoms with Gasteiger partial charge in [-0.15, -0.1) is 0 Å². The normalized spacial score (nSPS) is 16.5. The summed E-state index contributed by atoms with van der Waals surface area (Å²) >= 11 is 0. The lowest BCUT2D eigenvalue weighted by molar-refractivity contribution is -0.127. The summed E-state index contributed by atoms with van der Waals surface area (Å²) in [6.45, 7) is 1.66. The van der Waals surface area contributed by atoms with E-state index in [1.54, 1.807) is 7.11 Å². The predicted octanol–water partition coefficient (Wildman–Crippen LogP) is 0.465. The van der Waals surface area contributed by atoms with Gasteiger partial charge in [0.25, 0.3) is 0 Å². The summed E-state index contributed by atoms with van der Waals surface area (Å²) in [5.74, 6) is -0.511. The molecule has 0 aliphatic carbocycles. The summed E-state index contributed by atoms with van der Waals surface area (Å²) in [5.41, 5.74) is 1.98. The Balaban J connectivity index is 1.86. The number of carbonyl (C=O) groups excluding carboxylic acids is 2. The molecule has 6 nitrogen and oxygen atoms in total. The van der Waals surface area contributed by atoms with Gasteiger partial charge in [-0.3, -0.25) is 9.59 Å². The molecule has 1 aromatic carbocycles. The van der Waals surface area contributed by atoms with E-state index in [0.717, 1.165) is 24.2 Å². The van der Waals surface area contributed by atoms with E-state index in [1.165, 1.54) is 0 Å². The number of benzene rings is 1. The van der Waals surface area contributed by atoms with Crippen LogP contribution in [0, 0.1) is 0 Å². The van der Waals surface area contributed by atoms with Crippen LogP contribution in [0.2, 0.25) is 0 Å². The first-order chi connectivity index (χ1) is 10.2. The molecule has 0 bridgehead atoms. The van der Waals surface area contributed by atoms with Crippen LogP contribution >= 0.6 is 0 Å². The standard InChI is InChI=1S/C15H21N3O3/c1-21-9-8-17-14(19)10-18-15(20)12-6-7-16-13-5-3-2-4-11(12)13/h2-5,12,16H,6-10H2,1H3,(H,17,19)(H,18,20). The fourth-order valence-corrected chi connectivity index (χ4v) is 2.39. The van der Waals surface area contributed by atoms with Crippen LogP contribution in [0.3, 0.4) is 0 Å². The minimum atomic E-state index is -0.206. The van der Waals surface area contributed by atoms with Crippen LogP contribution in [0.4, 0.5) is 5.69 Å². The number of ether oxygens (including phenoxy) is 1. The van der Waals surface area contributed by atoms with Gasteiger partial charge in [-0.1, -0.05) is 18.2 Å². The molecule has 0 saturated carbocycles. The molecule has 21 heavy (non-hydrogen) atoms.